The number of amides is 1. The largest absolute Gasteiger partial charge is 0.389 e. The van der Waals surface area contributed by atoms with Gasteiger partial charge < -0.3 is 31.1 Å². The lowest BCUT2D eigenvalue weighted by molar-refractivity contribution is -0.128. The van der Waals surface area contributed by atoms with Crippen LogP contribution >= 0.6 is 11.6 Å². The van der Waals surface area contributed by atoms with Gasteiger partial charge >= 0.3 is 0 Å². The number of nitrogens with zero attached hydrogens (tertiary/aromatic N) is 7. The highest BCUT2D eigenvalue weighted by Gasteiger charge is 2.45. The van der Waals surface area contributed by atoms with Gasteiger partial charge in [0.1, 0.15) is 6.07 Å². The number of nitriles is 2. The first-order valence-electron chi connectivity index (χ1n) is 13.8. The minimum atomic E-state index is -1.25. The molecule has 5 N–H and O–H groups in total. The molecule has 1 saturated carbocycles. The van der Waals surface area contributed by atoms with Gasteiger partial charge in [-0.2, -0.15) is 20.0 Å². The molecule has 2 saturated heterocycles. The van der Waals surface area contributed by atoms with Crippen molar-refractivity contribution in [1.29, 1.82) is 10.5 Å². The Labute approximate surface area is 246 Å². The summed E-state index contributed by atoms with van der Waals surface area (Å²) < 4.78 is 6.79. The van der Waals surface area contributed by atoms with E-state index in [0.29, 0.717) is 62.0 Å². The Morgan fingerprint density at radius 3 is 2.79 bits per heavy atom. The normalized spacial score (nSPS) is 22.7. The molecule has 15 heteroatoms. The molecule has 42 heavy (non-hydrogen) atoms. The maximum atomic E-state index is 13.3. The Morgan fingerprint density at radius 2 is 2.07 bits per heavy atom. The maximum Gasteiger partial charge on any atom is 0.247 e. The molecule has 1 amide bonds. The van der Waals surface area contributed by atoms with Crippen LogP contribution in [-0.4, -0.2) is 93.6 Å². The number of fused-ring (bicyclic) bond motifs is 1. The van der Waals surface area contributed by atoms with Crippen LogP contribution in [0.25, 0.3) is 5.65 Å². The van der Waals surface area contributed by atoms with Crippen LogP contribution < -0.4 is 21.3 Å². The van der Waals surface area contributed by atoms with Gasteiger partial charge in [0.2, 0.25) is 11.9 Å². The number of piperidine rings is 1. The monoisotopic (exact) mass is 591 g/mol. The molecular formula is C27H30ClN11O3. The summed E-state index contributed by atoms with van der Waals surface area (Å²) in [4.78, 5) is 24.2. The SMILES string of the molecule is N#Cc1cc(Nc2nc(NC3CC3)c3ncc(C#N)n3n2)c(Cl)c([C@]2(NC(=O)CN3CCOCC3)CCNC[C@H]2O)c1. The topological polar surface area (TPSA) is 189 Å². The van der Waals surface area contributed by atoms with Crippen molar-refractivity contribution in [1.82, 2.24) is 35.1 Å². The Hall–Kier alpha value is -4.05. The second-order valence-electron chi connectivity index (χ2n) is 10.7. The predicted octanol–water partition coefficient (Wildman–Crippen LogP) is 0.837. The first-order valence-corrected chi connectivity index (χ1v) is 14.2. The lowest BCUT2D eigenvalue weighted by Gasteiger charge is -2.44. The number of rotatable bonds is 8. The highest BCUT2D eigenvalue weighted by atomic mass is 35.5. The third kappa shape index (κ3) is 5.55. The van der Waals surface area contributed by atoms with Gasteiger partial charge in [0.05, 0.1) is 59.9 Å². The summed E-state index contributed by atoms with van der Waals surface area (Å²) in [5.74, 6) is 0.323. The summed E-state index contributed by atoms with van der Waals surface area (Å²) in [6.45, 7) is 3.25. The van der Waals surface area contributed by atoms with Gasteiger partial charge in [0.15, 0.2) is 17.2 Å². The van der Waals surface area contributed by atoms with Crippen LogP contribution in [0.4, 0.5) is 17.5 Å². The van der Waals surface area contributed by atoms with Crippen molar-refractivity contribution in [3.63, 3.8) is 0 Å². The molecule has 2 aromatic heterocycles. The van der Waals surface area contributed by atoms with Crippen molar-refractivity contribution >= 4 is 40.6 Å². The van der Waals surface area contributed by atoms with Crippen molar-refractivity contribution in [2.75, 3.05) is 56.6 Å². The second-order valence-corrected chi connectivity index (χ2v) is 11.1. The third-order valence-corrected chi connectivity index (χ3v) is 8.17. The number of ether oxygens (including phenoxy) is 1. The zero-order chi connectivity index (χ0) is 29.3. The minimum Gasteiger partial charge on any atom is -0.389 e. The number of halogens is 1. The summed E-state index contributed by atoms with van der Waals surface area (Å²) >= 11 is 7.02. The molecule has 2 atom stereocenters. The molecule has 4 heterocycles. The molecule has 0 bridgehead atoms. The Kier molecular flexibility index (Phi) is 7.81. The van der Waals surface area contributed by atoms with Crippen molar-refractivity contribution in [3.8, 4) is 12.1 Å². The lowest BCUT2D eigenvalue weighted by atomic mass is 9.78. The highest BCUT2D eigenvalue weighted by Crippen LogP contribution is 2.41. The maximum absolute atomic E-state index is 13.3. The molecule has 14 nitrogen and oxygen atoms in total. The number of hydrogen-bond acceptors (Lipinski definition) is 12. The van der Waals surface area contributed by atoms with Crippen LogP contribution in [0.15, 0.2) is 18.3 Å². The van der Waals surface area contributed by atoms with Crippen molar-refractivity contribution in [2.24, 2.45) is 0 Å². The molecule has 0 radical (unpaired) electrons. The molecular weight excluding hydrogens is 562 g/mol. The summed E-state index contributed by atoms with van der Waals surface area (Å²) in [6.07, 6.45) is 2.75. The molecule has 0 spiro atoms. The van der Waals surface area contributed by atoms with Gasteiger partial charge in [-0.3, -0.25) is 9.69 Å². The zero-order valence-corrected chi connectivity index (χ0v) is 23.5. The average molecular weight is 592 g/mol. The van der Waals surface area contributed by atoms with E-state index in [2.05, 4.69) is 48.5 Å². The second kappa shape index (κ2) is 11.7. The number of β-amino-alcohol motifs (C(OH)–C–C–N with tert-alkyl or cyclic N) is 1. The van der Waals surface area contributed by atoms with Crippen LogP contribution in [0.3, 0.4) is 0 Å². The Bertz CT molecular complexity index is 1590. The Balaban J connectivity index is 1.38. The molecule has 2 aliphatic heterocycles. The van der Waals surface area contributed by atoms with Gasteiger partial charge in [-0.05, 0) is 37.9 Å². The van der Waals surface area contributed by atoms with E-state index in [4.69, 9.17) is 16.3 Å². The van der Waals surface area contributed by atoms with Gasteiger partial charge in [-0.1, -0.05) is 11.6 Å². The smallest absolute Gasteiger partial charge is 0.247 e. The number of imidazole rings is 1. The van der Waals surface area contributed by atoms with Crippen LogP contribution in [-0.2, 0) is 15.1 Å². The van der Waals surface area contributed by atoms with Gasteiger partial charge in [-0.25, -0.2) is 4.98 Å². The van der Waals surface area contributed by atoms with E-state index >= 15 is 0 Å². The van der Waals surface area contributed by atoms with Gasteiger partial charge in [-0.15, -0.1) is 5.10 Å². The van der Waals surface area contributed by atoms with E-state index < -0.39 is 11.6 Å². The fourth-order valence-corrected chi connectivity index (χ4v) is 5.72. The molecule has 3 fully saturated rings. The molecule has 1 aromatic carbocycles. The molecule has 3 aliphatic rings. The van der Waals surface area contributed by atoms with Crippen LogP contribution in [0.1, 0.15) is 36.1 Å². The van der Waals surface area contributed by atoms with Crippen molar-refractivity contribution in [2.45, 2.75) is 36.9 Å². The first kappa shape index (κ1) is 28.1. The number of carbonyl (C=O) groups is 1. The zero-order valence-electron chi connectivity index (χ0n) is 22.7. The molecule has 6 rings (SSSR count). The predicted molar refractivity (Wildman–Crippen MR) is 152 cm³/mol. The van der Waals surface area contributed by atoms with E-state index in [1.54, 1.807) is 12.1 Å². The summed E-state index contributed by atoms with van der Waals surface area (Å²) in [5.41, 5.74) is 0.383. The average Bonchev–Trinajstić information content (AvgIpc) is 3.71. The summed E-state index contributed by atoms with van der Waals surface area (Å²) in [5, 5.41) is 48.2. The van der Waals surface area contributed by atoms with E-state index in [1.807, 2.05) is 4.90 Å². The first-order chi connectivity index (χ1) is 20.4. The standard InChI is InChI=1S/C27H30ClN11O3/c28-23-19(27(3-4-31-14-21(27)40)36-22(41)15-38-5-7-42-8-6-38)9-16(11-29)10-20(23)34-26-35-24(33-17-1-2-17)25-32-13-18(12-30)39(25)37-26/h9-10,13,17,21,31,40H,1-8,14-15H2,(H,36,41)(H2,33,34,35,37)/t21-,27-/m1/s1. The van der Waals surface area contributed by atoms with E-state index in [-0.39, 0.29) is 47.3 Å². The number of aliphatic hydroxyl groups excluding tert-OH is 1. The number of anilines is 3. The number of morpholine rings is 1. The number of carbonyl (C=O) groups excluding carboxylic acids is 1. The number of benzene rings is 1. The van der Waals surface area contributed by atoms with E-state index in [9.17, 15) is 20.4 Å². The van der Waals surface area contributed by atoms with Gasteiger partial charge in [0, 0.05) is 31.2 Å². The number of aliphatic hydroxyl groups is 1. The van der Waals surface area contributed by atoms with Crippen LogP contribution in [0, 0.1) is 22.7 Å². The van der Waals surface area contributed by atoms with E-state index in [1.165, 1.54) is 10.7 Å². The highest BCUT2D eigenvalue weighted by molar-refractivity contribution is 6.34. The number of aromatic nitrogens is 4. The van der Waals surface area contributed by atoms with E-state index in [0.717, 1.165) is 12.8 Å². The number of hydrogen-bond donors (Lipinski definition) is 5. The summed E-state index contributed by atoms with van der Waals surface area (Å²) in [7, 11) is 0. The van der Waals surface area contributed by atoms with Crippen molar-refractivity contribution < 1.29 is 14.6 Å². The molecule has 0 unspecified atom stereocenters. The summed E-state index contributed by atoms with van der Waals surface area (Å²) in [6, 6.07) is 7.66. The molecule has 218 valence electrons. The van der Waals surface area contributed by atoms with Crippen LogP contribution in [0.5, 0.6) is 0 Å². The quantitative estimate of drug-likeness (QED) is 0.248. The van der Waals surface area contributed by atoms with Crippen LogP contribution in [0.2, 0.25) is 5.02 Å². The van der Waals surface area contributed by atoms with Gasteiger partial charge in [0.25, 0.3) is 0 Å². The fraction of sp³-hybridized carbons (Fsp3) is 0.481. The lowest BCUT2D eigenvalue weighted by Crippen LogP contribution is -2.62. The third-order valence-electron chi connectivity index (χ3n) is 7.76. The van der Waals surface area contributed by atoms with Crippen molar-refractivity contribution in [3.05, 3.63) is 40.2 Å². The minimum absolute atomic E-state index is 0.124. The Morgan fingerprint density at radius 1 is 1.26 bits per heavy atom. The fourth-order valence-electron chi connectivity index (χ4n) is 5.40. The molecule has 3 aromatic rings. The number of nitrogens with one attached hydrogen (secondary N) is 4. The molecule has 1 aliphatic carbocycles.